The van der Waals surface area contributed by atoms with Gasteiger partial charge < -0.3 is 19.9 Å². The largest absolute Gasteiger partial charge is 0.489 e. The van der Waals surface area contributed by atoms with Crippen LogP contribution in [0.25, 0.3) is 0 Å². The number of amides is 1. The van der Waals surface area contributed by atoms with Crippen molar-refractivity contribution >= 4 is 17.5 Å². The highest BCUT2D eigenvalue weighted by Crippen LogP contribution is 2.28. The Morgan fingerprint density at radius 2 is 1.45 bits per heavy atom. The van der Waals surface area contributed by atoms with Gasteiger partial charge >= 0.3 is 0 Å². The monoisotopic (exact) mass is 459 g/mol. The van der Waals surface area contributed by atoms with Crippen molar-refractivity contribution < 1.29 is 29.0 Å². The molecule has 0 fully saturated rings. The molecule has 0 aromatic carbocycles. The highest BCUT2D eigenvalue weighted by atomic mass is 16.5. The zero-order valence-corrected chi connectivity index (χ0v) is 20.8. The van der Waals surface area contributed by atoms with E-state index in [1.54, 1.807) is 13.8 Å². The van der Waals surface area contributed by atoms with Crippen LogP contribution in [0.2, 0.25) is 0 Å². The molecule has 2 N–H and O–H groups in total. The molecule has 0 saturated heterocycles. The van der Waals surface area contributed by atoms with Crippen LogP contribution in [0, 0.1) is 0 Å². The Labute approximate surface area is 196 Å². The molecule has 1 rings (SSSR count). The number of Topliss-reactive ketones (excluding diaryl/α,β-unsaturated/α-hetero) is 2. The minimum atomic E-state index is -0.864. The maximum absolute atomic E-state index is 12.7. The fourth-order valence-corrected chi connectivity index (χ4v) is 3.38. The third-order valence-electron chi connectivity index (χ3n) is 5.47. The highest BCUT2D eigenvalue weighted by molar-refractivity contribution is 6.23. The normalized spacial score (nSPS) is 16.9. The van der Waals surface area contributed by atoms with Crippen LogP contribution in [0.15, 0.2) is 57.6 Å². The molecular formula is C26H37NO6. The molecule has 7 nitrogen and oxygen atoms in total. The van der Waals surface area contributed by atoms with E-state index in [0.29, 0.717) is 23.1 Å². The summed E-state index contributed by atoms with van der Waals surface area (Å²) in [6.07, 6.45) is 8.82. The zero-order chi connectivity index (χ0) is 25.1. The number of methoxy groups -OCH3 is 2. The Balaban J connectivity index is 2.61. The molecule has 1 atom stereocenters. The lowest BCUT2D eigenvalue weighted by atomic mass is 9.90. The summed E-state index contributed by atoms with van der Waals surface area (Å²) >= 11 is 0. The van der Waals surface area contributed by atoms with E-state index in [1.807, 2.05) is 19.1 Å². The lowest BCUT2D eigenvalue weighted by Gasteiger charge is -2.19. The van der Waals surface area contributed by atoms with Gasteiger partial charge in [-0.05, 0) is 66.7 Å². The number of allylic oxidation sites excluding steroid dienone is 7. The van der Waals surface area contributed by atoms with E-state index >= 15 is 0 Å². The summed E-state index contributed by atoms with van der Waals surface area (Å²) in [5.74, 6) is -0.973. The van der Waals surface area contributed by atoms with Crippen LogP contribution >= 0.6 is 0 Å². The van der Waals surface area contributed by atoms with Crippen molar-refractivity contribution in [3.05, 3.63) is 57.6 Å². The van der Waals surface area contributed by atoms with E-state index in [2.05, 4.69) is 18.3 Å². The Morgan fingerprint density at radius 1 is 0.939 bits per heavy atom. The maximum Gasteiger partial charge on any atom is 0.248 e. The molecule has 182 valence electrons. The van der Waals surface area contributed by atoms with E-state index < -0.39 is 6.23 Å². The number of hydrogen-bond donors (Lipinski definition) is 2. The summed E-state index contributed by atoms with van der Waals surface area (Å²) < 4.78 is 10.2. The second kappa shape index (κ2) is 13.6. The average Bonchev–Trinajstić information content (AvgIpc) is 2.75. The molecular weight excluding hydrogens is 422 g/mol. The van der Waals surface area contributed by atoms with E-state index in [1.165, 1.54) is 26.7 Å². The quantitative estimate of drug-likeness (QED) is 0.196. The van der Waals surface area contributed by atoms with Crippen LogP contribution in [0.1, 0.15) is 66.7 Å². The molecule has 0 aromatic heterocycles. The summed E-state index contributed by atoms with van der Waals surface area (Å²) in [7, 11) is 2.71. The van der Waals surface area contributed by atoms with Crippen molar-refractivity contribution in [1.82, 2.24) is 5.32 Å². The minimum Gasteiger partial charge on any atom is -0.489 e. The van der Waals surface area contributed by atoms with Gasteiger partial charge in [0.1, 0.15) is 6.23 Å². The van der Waals surface area contributed by atoms with Crippen molar-refractivity contribution in [2.45, 2.75) is 73.0 Å². The molecule has 1 amide bonds. The first kappa shape index (κ1) is 28.1. The first-order chi connectivity index (χ1) is 15.5. The Hall–Kier alpha value is -2.93. The van der Waals surface area contributed by atoms with Crippen molar-refractivity contribution in [3.8, 4) is 0 Å². The lowest BCUT2D eigenvalue weighted by molar-refractivity contribution is -0.121. The predicted molar refractivity (Wildman–Crippen MR) is 128 cm³/mol. The Bertz CT molecular complexity index is 915. The third kappa shape index (κ3) is 8.50. The molecule has 0 aliphatic heterocycles. The molecule has 1 unspecified atom stereocenters. The van der Waals surface area contributed by atoms with E-state index in [0.717, 1.165) is 31.3 Å². The van der Waals surface area contributed by atoms with Crippen LogP contribution in [0.4, 0.5) is 0 Å². The SMILES string of the molecule is COC1=C(OC)C(=O)C(C/C=C(\C)CC/C=C(\C)CC/C=C(\C)C(=O)NC(C)O)=C(C)C1=O. The third-order valence-corrected chi connectivity index (χ3v) is 5.47. The van der Waals surface area contributed by atoms with Gasteiger partial charge in [-0.2, -0.15) is 0 Å². The molecule has 7 heteroatoms. The summed E-state index contributed by atoms with van der Waals surface area (Å²) in [6.45, 7) is 8.94. The number of hydrogen-bond acceptors (Lipinski definition) is 6. The smallest absolute Gasteiger partial charge is 0.248 e. The number of ketones is 2. The summed E-state index contributed by atoms with van der Waals surface area (Å²) in [5.41, 5.74) is 3.78. The van der Waals surface area contributed by atoms with Gasteiger partial charge in [0.2, 0.25) is 29.0 Å². The summed E-state index contributed by atoms with van der Waals surface area (Å²) in [6, 6.07) is 0. The van der Waals surface area contributed by atoms with Gasteiger partial charge in [-0.1, -0.05) is 29.4 Å². The first-order valence-corrected chi connectivity index (χ1v) is 11.1. The fraction of sp³-hybridized carbons (Fsp3) is 0.500. The molecule has 1 aliphatic carbocycles. The predicted octanol–water partition coefficient (Wildman–Crippen LogP) is 4.20. The van der Waals surface area contributed by atoms with Crippen LogP contribution in [0.5, 0.6) is 0 Å². The molecule has 0 heterocycles. The maximum atomic E-state index is 12.7. The van der Waals surface area contributed by atoms with E-state index in [9.17, 15) is 19.5 Å². The van der Waals surface area contributed by atoms with Crippen LogP contribution in [-0.4, -0.2) is 43.0 Å². The van der Waals surface area contributed by atoms with E-state index in [4.69, 9.17) is 9.47 Å². The Morgan fingerprint density at radius 3 is 2.00 bits per heavy atom. The second-order valence-electron chi connectivity index (χ2n) is 8.25. The number of ether oxygens (including phenoxy) is 2. The Kier molecular flexibility index (Phi) is 11.6. The average molecular weight is 460 g/mol. The fourth-order valence-electron chi connectivity index (χ4n) is 3.38. The standard InChI is InChI=1S/C26H37NO6/c1-16(12-9-13-18(3)26(31)27-20(5)28)10-8-11-17(2)14-15-21-19(4)22(29)24(32-6)25(33-7)23(21)30/h10,13-14,20,28H,8-9,11-12,15H2,1-7H3,(H,27,31)/b16-10+,17-14+,18-13+. The molecule has 0 radical (unpaired) electrons. The van der Waals surface area contributed by atoms with Gasteiger partial charge in [0.25, 0.3) is 0 Å². The van der Waals surface area contributed by atoms with Gasteiger partial charge in [-0.3, -0.25) is 14.4 Å². The first-order valence-electron chi connectivity index (χ1n) is 11.1. The molecule has 1 aliphatic rings. The van der Waals surface area contributed by atoms with Crippen molar-refractivity contribution in [1.29, 1.82) is 0 Å². The van der Waals surface area contributed by atoms with Crippen LogP contribution in [0.3, 0.4) is 0 Å². The minimum absolute atomic E-state index is 0.0413. The zero-order valence-electron chi connectivity index (χ0n) is 20.8. The molecule has 0 bridgehead atoms. The number of rotatable bonds is 12. The van der Waals surface area contributed by atoms with Gasteiger partial charge in [0.05, 0.1) is 14.2 Å². The second-order valence-corrected chi connectivity index (χ2v) is 8.25. The van der Waals surface area contributed by atoms with Crippen LogP contribution < -0.4 is 5.32 Å². The summed E-state index contributed by atoms with van der Waals surface area (Å²) in [5, 5.41) is 11.7. The van der Waals surface area contributed by atoms with Crippen molar-refractivity contribution in [2.24, 2.45) is 0 Å². The number of carbonyl (C=O) groups excluding carboxylic acids is 3. The van der Waals surface area contributed by atoms with Crippen molar-refractivity contribution in [3.63, 3.8) is 0 Å². The summed E-state index contributed by atoms with van der Waals surface area (Å²) in [4.78, 5) is 36.9. The molecule has 0 aromatic rings. The molecule has 0 saturated carbocycles. The van der Waals surface area contributed by atoms with Gasteiger partial charge in [-0.25, -0.2) is 0 Å². The number of nitrogens with one attached hydrogen (secondary N) is 1. The topological polar surface area (TPSA) is 102 Å². The van der Waals surface area contributed by atoms with Crippen molar-refractivity contribution in [2.75, 3.05) is 14.2 Å². The molecule has 33 heavy (non-hydrogen) atoms. The highest BCUT2D eigenvalue weighted by Gasteiger charge is 2.34. The van der Waals surface area contributed by atoms with Gasteiger partial charge in [0, 0.05) is 16.7 Å². The van der Waals surface area contributed by atoms with Gasteiger partial charge in [0.15, 0.2) is 0 Å². The lowest BCUT2D eigenvalue weighted by Crippen LogP contribution is -2.32. The number of carbonyl (C=O) groups is 3. The number of aliphatic hydroxyl groups excluding tert-OH is 1. The number of aliphatic hydroxyl groups is 1. The van der Waals surface area contributed by atoms with Gasteiger partial charge in [-0.15, -0.1) is 0 Å². The molecule has 0 spiro atoms. The van der Waals surface area contributed by atoms with Crippen LogP contribution in [-0.2, 0) is 23.9 Å². The van der Waals surface area contributed by atoms with E-state index in [-0.39, 0.29) is 29.0 Å².